The maximum Gasteiger partial charge on any atom is 0.132 e. The van der Waals surface area contributed by atoms with E-state index in [1.54, 1.807) is 0 Å². The first-order chi connectivity index (χ1) is 7.66. The zero-order valence-electron chi connectivity index (χ0n) is 9.60. The second kappa shape index (κ2) is 4.54. The molecule has 0 saturated heterocycles. The van der Waals surface area contributed by atoms with Crippen molar-refractivity contribution in [3.8, 4) is 0 Å². The Bertz CT molecular complexity index is 471. The molecule has 1 N–H and O–H groups in total. The minimum absolute atomic E-state index is 0.560. The predicted molar refractivity (Wildman–Crippen MR) is 63.3 cm³/mol. The first kappa shape index (κ1) is 11.0. The summed E-state index contributed by atoms with van der Waals surface area (Å²) >= 11 is 0. The normalized spacial score (nSPS) is 12.7. The minimum atomic E-state index is -0.560. The molecule has 2 nitrogen and oxygen atoms in total. The molecule has 0 bridgehead atoms. The van der Waals surface area contributed by atoms with Crippen LogP contribution in [0.25, 0.3) is 0 Å². The maximum absolute atomic E-state index is 10.0. The fraction of sp³-hybridized carbons (Fsp3) is 0.286. The van der Waals surface area contributed by atoms with Crippen LogP contribution in [0.15, 0.2) is 40.8 Å². The van der Waals surface area contributed by atoms with Crippen molar-refractivity contribution in [2.45, 2.75) is 26.4 Å². The lowest BCUT2D eigenvalue weighted by atomic mass is 10.0. The standard InChI is InChI=1S/C14H16O2/c1-10-5-3-4-6-12(10)9-13(15)14-8-7-11(2)16-14/h3-8,13,15H,9H2,1-2H3. The molecule has 0 aliphatic heterocycles. The number of hydrogen-bond acceptors (Lipinski definition) is 2. The third kappa shape index (κ3) is 2.34. The van der Waals surface area contributed by atoms with Crippen LogP contribution in [0.3, 0.4) is 0 Å². The second-order valence-corrected chi connectivity index (χ2v) is 4.09. The minimum Gasteiger partial charge on any atom is -0.464 e. The number of benzene rings is 1. The van der Waals surface area contributed by atoms with Crippen molar-refractivity contribution in [3.05, 3.63) is 59.0 Å². The van der Waals surface area contributed by atoms with Gasteiger partial charge in [-0.25, -0.2) is 0 Å². The summed E-state index contributed by atoms with van der Waals surface area (Å²) in [5.74, 6) is 1.47. The molecule has 2 aromatic rings. The van der Waals surface area contributed by atoms with E-state index in [-0.39, 0.29) is 0 Å². The van der Waals surface area contributed by atoms with Gasteiger partial charge in [0, 0.05) is 6.42 Å². The van der Waals surface area contributed by atoms with Gasteiger partial charge >= 0.3 is 0 Å². The fourth-order valence-electron chi connectivity index (χ4n) is 1.78. The van der Waals surface area contributed by atoms with Crippen LogP contribution < -0.4 is 0 Å². The largest absolute Gasteiger partial charge is 0.464 e. The number of aryl methyl sites for hydroxylation is 2. The molecule has 0 amide bonds. The number of furan rings is 1. The summed E-state index contributed by atoms with van der Waals surface area (Å²) in [5, 5.41) is 10.0. The molecule has 0 spiro atoms. The molecule has 2 rings (SSSR count). The van der Waals surface area contributed by atoms with Crippen molar-refractivity contribution in [1.82, 2.24) is 0 Å². The molecule has 1 aromatic heterocycles. The van der Waals surface area contributed by atoms with Gasteiger partial charge in [-0.3, -0.25) is 0 Å². The second-order valence-electron chi connectivity index (χ2n) is 4.09. The molecule has 1 heterocycles. The summed E-state index contributed by atoms with van der Waals surface area (Å²) in [6.07, 6.45) is 0.0365. The maximum atomic E-state index is 10.0. The molecular weight excluding hydrogens is 200 g/mol. The van der Waals surface area contributed by atoms with Gasteiger partial charge in [0.25, 0.3) is 0 Å². The highest BCUT2D eigenvalue weighted by molar-refractivity contribution is 5.27. The third-order valence-electron chi connectivity index (χ3n) is 2.76. The highest BCUT2D eigenvalue weighted by Gasteiger charge is 2.13. The van der Waals surface area contributed by atoms with Crippen molar-refractivity contribution in [1.29, 1.82) is 0 Å². The first-order valence-corrected chi connectivity index (χ1v) is 5.45. The smallest absolute Gasteiger partial charge is 0.132 e. The highest BCUT2D eigenvalue weighted by Crippen LogP contribution is 2.21. The zero-order valence-corrected chi connectivity index (χ0v) is 9.60. The molecular formula is C14H16O2. The van der Waals surface area contributed by atoms with Crippen LogP contribution in [-0.2, 0) is 6.42 Å². The SMILES string of the molecule is Cc1ccc(C(O)Cc2ccccc2C)o1. The first-order valence-electron chi connectivity index (χ1n) is 5.45. The van der Waals surface area contributed by atoms with E-state index in [4.69, 9.17) is 4.42 Å². The van der Waals surface area contributed by atoms with E-state index in [0.29, 0.717) is 12.2 Å². The molecule has 2 heteroatoms. The summed E-state index contributed by atoms with van der Waals surface area (Å²) < 4.78 is 5.41. The van der Waals surface area contributed by atoms with E-state index >= 15 is 0 Å². The molecule has 0 fully saturated rings. The van der Waals surface area contributed by atoms with Crippen LogP contribution in [0.4, 0.5) is 0 Å². The van der Waals surface area contributed by atoms with Crippen LogP contribution in [0.2, 0.25) is 0 Å². The van der Waals surface area contributed by atoms with Crippen molar-refractivity contribution in [2.75, 3.05) is 0 Å². The van der Waals surface area contributed by atoms with Crippen molar-refractivity contribution >= 4 is 0 Å². The van der Waals surface area contributed by atoms with Gasteiger partial charge in [0.05, 0.1) is 0 Å². The lowest BCUT2D eigenvalue weighted by Crippen LogP contribution is -2.01. The van der Waals surface area contributed by atoms with Gasteiger partial charge in [0.15, 0.2) is 0 Å². The molecule has 0 saturated carbocycles. The highest BCUT2D eigenvalue weighted by atomic mass is 16.4. The third-order valence-corrected chi connectivity index (χ3v) is 2.76. The summed E-state index contributed by atoms with van der Waals surface area (Å²) in [7, 11) is 0. The van der Waals surface area contributed by atoms with Crippen molar-refractivity contribution < 1.29 is 9.52 Å². The van der Waals surface area contributed by atoms with Crippen molar-refractivity contribution in [3.63, 3.8) is 0 Å². The van der Waals surface area contributed by atoms with E-state index in [1.807, 2.05) is 37.3 Å². The summed E-state index contributed by atoms with van der Waals surface area (Å²) in [6.45, 7) is 3.93. The molecule has 0 aliphatic carbocycles. The van der Waals surface area contributed by atoms with Crippen LogP contribution in [0, 0.1) is 13.8 Å². The Labute approximate surface area is 95.5 Å². The Morgan fingerprint density at radius 2 is 1.88 bits per heavy atom. The number of aliphatic hydroxyl groups is 1. The van der Waals surface area contributed by atoms with Crippen LogP contribution in [0.1, 0.15) is 28.8 Å². The quantitative estimate of drug-likeness (QED) is 0.854. The van der Waals surface area contributed by atoms with Gasteiger partial charge in [0.1, 0.15) is 17.6 Å². The van der Waals surface area contributed by atoms with Crippen LogP contribution >= 0.6 is 0 Å². The Balaban J connectivity index is 2.13. The fourth-order valence-corrected chi connectivity index (χ4v) is 1.78. The zero-order chi connectivity index (χ0) is 11.5. The van der Waals surface area contributed by atoms with E-state index in [0.717, 1.165) is 11.3 Å². The van der Waals surface area contributed by atoms with Gasteiger partial charge in [-0.2, -0.15) is 0 Å². The lowest BCUT2D eigenvalue weighted by molar-refractivity contribution is 0.148. The number of hydrogen-bond donors (Lipinski definition) is 1. The van der Waals surface area contributed by atoms with Gasteiger partial charge in [-0.1, -0.05) is 24.3 Å². The predicted octanol–water partition coefficient (Wildman–Crippen LogP) is 3.17. The Kier molecular flexibility index (Phi) is 3.11. The van der Waals surface area contributed by atoms with Gasteiger partial charge in [-0.15, -0.1) is 0 Å². The van der Waals surface area contributed by atoms with E-state index in [2.05, 4.69) is 13.0 Å². The molecule has 1 aromatic carbocycles. The molecule has 0 radical (unpaired) electrons. The number of aliphatic hydroxyl groups excluding tert-OH is 1. The van der Waals surface area contributed by atoms with E-state index in [1.165, 1.54) is 5.56 Å². The molecule has 0 aliphatic rings. The lowest BCUT2D eigenvalue weighted by Gasteiger charge is -2.10. The Morgan fingerprint density at radius 1 is 1.12 bits per heavy atom. The molecule has 1 unspecified atom stereocenters. The summed E-state index contributed by atoms with van der Waals surface area (Å²) in [6, 6.07) is 11.8. The van der Waals surface area contributed by atoms with Crippen LogP contribution in [0.5, 0.6) is 0 Å². The van der Waals surface area contributed by atoms with E-state index < -0.39 is 6.10 Å². The Morgan fingerprint density at radius 3 is 2.50 bits per heavy atom. The van der Waals surface area contributed by atoms with Crippen molar-refractivity contribution in [2.24, 2.45) is 0 Å². The molecule has 16 heavy (non-hydrogen) atoms. The molecule has 1 atom stereocenters. The summed E-state index contributed by atoms with van der Waals surface area (Å²) in [4.78, 5) is 0. The van der Waals surface area contributed by atoms with E-state index in [9.17, 15) is 5.11 Å². The molecule has 84 valence electrons. The van der Waals surface area contributed by atoms with Gasteiger partial charge in [-0.05, 0) is 37.1 Å². The van der Waals surface area contributed by atoms with Gasteiger partial charge in [0.2, 0.25) is 0 Å². The average molecular weight is 216 g/mol. The van der Waals surface area contributed by atoms with Gasteiger partial charge < -0.3 is 9.52 Å². The van der Waals surface area contributed by atoms with Crippen LogP contribution in [-0.4, -0.2) is 5.11 Å². The topological polar surface area (TPSA) is 33.4 Å². The number of rotatable bonds is 3. The average Bonchev–Trinajstić information content (AvgIpc) is 2.68. The Hall–Kier alpha value is -1.54. The monoisotopic (exact) mass is 216 g/mol. The summed E-state index contributed by atoms with van der Waals surface area (Å²) in [5.41, 5.74) is 2.36.